The quantitative estimate of drug-likeness (QED) is 0.698. The third-order valence-electron chi connectivity index (χ3n) is 3.81. The fourth-order valence-electron chi connectivity index (χ4n) is 2.66. The van der Waals surface area contributed by atoms with Gasteiger partial charge in [-0.2, -0.15) is 0 Å². The normalized spacial score (nSPS) is 11.7. The van der Waals surface area contributed by atoms with E-state index in [9.17, 15) is 9.18 Å². The van der Waals surface area contributed by atoms with Gasteiger partial charge in [-0.3, -0.25) is 4.79 Å². The van der Waals surface area contributed by atoms with Crippen molar-refractivity contribution < 1.29 is 9.18 Å². The summed E-state index contributed by atoms with van der Waals surface area (Å²) in [6.45, 7) is 6.30. The second-order valence-electron chi connectivity index (χ2n) is 6.66. The summed E-state index contributed by atoms with van der Waals surface area (Å²) >= 11 is 0. The molecule has 3 nitrogen and oxygen atoms in total. The van der Waals surface area contributed by atoms with Crippen LogP contribution in [0.5, 0.6) is 0 Å². The van der Waals surface area contributed by atoms with E-state index < -0.39 is 0 Å². The molecule has 0 aliphatic carbocycles. The maximum Gasteiger partial charge on any atom is 0.272 e. The molecule has 1 amide bonds. The number of benzene rings is 2. The molecule has 0 saturated heterocycles. The zero-order valence-electron chi connectivity index (χ0n) is 13.4. The predicted octanol–water partition coefficient (Wildman–Crippen LogP) is 4.86. The van der Waals surface area contributed by atoms with Crippen LogP contribution in [0.25, 0.3) is 10.9 Å². The number of fused-ring (bicyclic) bond motifs is 1. The van der Waals surface area contributed by atoms with Gasteiger partial charge in [-0.1, -0.05) is 39.0 Å². The van der Waals surface area contributed by atoms with E-state index in [1.54, 1.807) is 12.1 Å². The van der Waals surface area contributed by atoms with Gasteiger partial charge in [-0.15, -0.1) is 0 Å². The maximum absolute atomic E-state index is 13.3. The van der Waals surface area contributed by atoms with Gasteiger partial charge in [0.05, 0.1) is 0 Å². The molecule has 0 atom stereocenters. The van der Waals surface area contributed by atoms with Gasteiger partial charge in [0, 0.05) is 16.6 Å². The van der Waals surface area contributed by atoms with Crippen LogP contribution in [-0.2, 0) is 5.41 Å². The standard InChI is InChI=1S/C19H19FN2O/c1-19(2,3)14-6-4-5-7-15(14)22-18(23)17-10-12-8-9-13(20)11-16(12)21-17/h4-11,21H,1-3H3,(H,22,23). The maximum atomic E-state index is 13.3. The summed E-state index contributed by atoms with van der Waals surface area (Å²) in [6.07, 6.45) is 0. The van der Waals surface area contributed by atoms with Crippen LogP contribution in [0.4, 0.5) is 10.1 Å². The Balaban J connectivity index is 1.92. The molecule has 0 aliphatic heterocycles. The molecule has 23 heavy (non-hydrogen) atoms. The molecule has 2 aromatic carbocycles. The number of nitrogens with one attached hydrogen (secondary N) is 2. The van der Waals surface area contributed by atoms with Gasteiger partial charge in [-0.25, -0.2) is 4.39 Å². The lowest BCUT2D eigenvalue weighted by molar-refractivity contribution is 0.102. The number of hydrogen-bond acceptors (Lipinski definition) is 1. The SMILES string of the molecule is CC(C)(C)c1ccccc1NC(=O)c1cc2ccc(F)cc2[nH]1. The van der Waals surface area contributed by atoms with Crippen LogP contribution in [-0.4, -0.2) is 10.9 Å². The topological polar surface area (TPSA) is 44.9 Å². The lowest BCUT2D eigenvalue weighted by Crippen LogP contribution is -2.18. The molecule has 0 aliphatic rings. The fourth-order valence-corrected chi connectivity index (χ4v) is 2.66. The van der Waals surface area contributed by atoms with Crippen LogP contribution in [0.3, 0.4) is 0 Å². The second kappa shape index (κ2) is 5.54. The van der Waals surface area contributed by atoms with E-state index >= 15 is 0 Å². The Morgan fingerprint density at radius 3 is 2.57 bits per heavy atom. The van der Waals surface area contributed by atoms with E-state index in [1.165, 1.54) is 12.1 Å². The zero-order valence-corrected chi connectivity index (χ0v) is 13.4. The van der Waals surface area contributed by atoms with Crippen LogP contribution >= 0.6 is 0 Å². The van der Waals surface area contributed by atoms with Crippen molar-refractivity contribution >= 4 is 22.5 Å². The van der Waals surface area contributed by atoms with Crippen molar-refractivity contribution in [3.05, 3.63) is 65.6 Å². The Bertz CT molecular complexity index is 874. The largest absolute Gasteiger partial charge is 0.350 e. The van der Waals surface area contributed by atoms with E-state index in [0.29, 0.717) is 11.2 Å². The number of anilines is 1. The molecule has 0 saturated carbocycles. The van der Waals surface area contributed by atoms with Crippen molar-refractivity contribution in [2.45, 2.75) is 26.2 Å². The highest BCUT2D eigenvalue weighted by molar-refractivity contribution is 6.06. The molecule has 1 aromatic heterocycles. The summed E-state index contributed by atoms with van der Waals surface area (Å²) in [4.78, 5) is 15.5. The summed E-state index contributed by atoms with van der Waals surface area (Å²) in [5, 5.41) is 3.75. The molecule has 0 bridgehead atoms. The van der Waals surface area contributed by atoms with Crippen molar-refractivity contribution in [3.8, 4) is 0 Å². The number of para-hydroxylation sites is 1. The monoisotopic (exact) mass is 310 g/mol. The molecule has 118 valence electrons. The van der Waals surface area contributed by atoms with Gasteiger partial charge in [0.15, 0.2) is 0 Å². The van der Waals surface area contributed by atoms with E-state index in [1.807, 2.05) is 24.3 Å². The molecule has 0 radical (unpaired) electrons. The van der Waals surface area contributed by atoms with E-state index in [-0.39, 0.29) is 17.1 Å². The molecule has 0 fully saturated rings. The first kappa shape index (κ1) is 15.3. The minimum Gasteiger partial charge on any atom is -0.350 e. The number of aromatic amines is 1. The third-order valence-corrected chi connectivity index (χ3v) is 3.81. The molecule has 0 spiro atoms. The molecule has 0 unspecified atom stereocenters. The first-order valence-electron chi connectivity index (χ1n) is 7.54. The summed E-state index contributed by atoms with van der Waals surface area (Å²) in [7, 11) is 0. The summed E-state index contributed by atoms with van der Waals surface area (Å²) < 4.78 is 13.3. The van der Waals surface area contributed by atoms with Crippen molar-refractivity contribution in [1.29, 1.82) is 0 Å². The van der Waals surface area contributed by atoms with Crippen molar-refractivity contribution in [1.82, 2.24) is 4.98 Å². The Morgan fingerprint density at radius 1 is 1.09 bits per heavy atom. The average Bonchev–Trinajstić information content (AvgIpc) is 2.89. The minimum atomic E-state index is -0.329. The lowest BCUT2D eigenvalue weighted by Gasteiger charge is -2.22. The highest BCUT2D eigenvalue weighted by Crippen LogP contribution is 2.29. The first-order valence-corrected chi connectivity index (χ1v) is 7.54. The Labute approximate surface area is 134 Å². The molecule has 2 N–H and O–H groups in total. The van der Waals surface area contributed by atoms with Crippen LogP contribution < -0.4 is 5.32 Å². The zero-order chi connectivity index (χ0) is 16.6. The van der Waals surface area contributed by atoms with Crippen LogP contribution in [0.1, 0.15) is 36.8 Å². The number of rotatable bonds is 2. The van der Waals surface area contributed by atoms with Crippen LogP contribution in [0, 0.1) is 5.82 Å². The number of halogens is 1. The van der Waals surface area contributed by atoms with Crippen molar-refractivity contribution in [2.24, 2.45) is 0 Å². The number of amides is 1. The Morgan fingerprint density at radius 2 is 1.83 bits per heavy atom. The smallest absolute Gasteiger partial charge is 0.272 e. The predicted molar refractivity (Wildman–Crippen MR) is 91.4 cm³/mol. The first-order chi connectivity index (χ1) is 10.8. The number of carbonyl (C=O) groups is 1. The van der Waals surface area contributed by atoms with Gasteiger partial charge in [0.2, 0.25) is 0 Å². The van der Waals surface area contributed by atoms with Crippen molar-refractivity contribution in [2.75, 3.05) is 5.32 Å². The highest BCUT2D eigenvalue weighted by atomic mass is 19.1. The van der Waals surface area contributed by atoms with Gasteiger partial charge >= 0.3 is 0 Å². The number of aromatic nitrogens is 1. The van der Waals surface area contributed by atoms with Crippen molar-refractivity contribution in [3.63, 3.8) is 0 Å². The van der Waals surface area contributed by atoms with E-state index in [2.05, 4.69) is 31.1 Å². The Hall–Kier alpha value is -2.62. The lowest BCUT2D eigenvalue weighted by atomic mass is 9.86. The van der Waals surface area contributed by atoms with E-state index in [0.717, 1.165) is 16.6 Å². The van der Waals surface area contributed by atoms with Gasteiger partial charge in [-0.05, 0) is 41.3 Å². The van der Waals surface area contributed by atoms with Crippen LogP contribution in [0.15, 0.2) is 48.5 Å². The van der Waals surface area contributed by atoms with Gasteiger partial charge < -0.3 is 10.3 Å². The highest BCUT2D eigenvalue weighted by Gasteiger charge is 2.19. The molecular formula is C19H19FN2O. The number of carbonyl (C=O) groups excluding carboxylic acids is 1. The number of H-pyrrole nitrogens is 1. The molecule has 1 heterocycles. The molecule has 4 heteroatoms. The second-order valence-corrected chi connectivity index (χ2v) is 6.66. The molecular weight excluding hydrogens is 291 g/mol. The average molecular weight is 310 g/mol. The number of hydrogen-bond donors (Lipinski definition) is 2. The van der Waals surface area contributed by atoms with Gasteiger partial charge in [0.25, 0.3) is 5.91 Å². The minimum absolute atomic E-state index is 0.0759. The summed E-state index contributed by atoms with van der Waals surface area (Å²) in [6, 6.07) is 13.9. The Kier molecular flexibility index (Phi) is 3.68. The summed E-state index contributed by atoms with van der Waals surface area (Å²) in [5.41, 5.74) is 2.80. The summed E-state index contributed by atoms with van der Waals surface area (Å²) in [5.74, 6) is -0.567. The fraction of sp³-hybridized carbons (Fsp3) is 0.211. The molecule has 3 rings (SSSR count). The molecule has 3 aromatic rings. The van der Waals surface area contributed by atoms with E-state index in [4.69, 9.17) is 0 Å². The third kappa shape index (κ3) is 3.11. The van der Waals surface area contributed by atoms with Crippen LogP contribution in [0.2, 0.25) is 0 Å². The van der Waals surface area contributed by atoms with Gasteiger partial charge in [0.1, 0.15) is 11.5 Å².